The predicted octanol–water partition coefficient (Wildman–Crippen LogP) is 3.71. The van der Waals surface area contributed by atoms with Crippen LogP contribution in [0.2, 0.25) is 0 Å². The quantitative estimate of drug-likeness (QED) is 0.586. The molecule has 0 heteroatoms. The molecule has 0 aliphatic heterocycles. The fourth-order valence-corrected chi connectivity index (χ4v) is 4.28. The molecule has 70 valence electrons. The molecule has 2 bridgehead atoms. The SMILES string of the molecule is CCC1C2CCC(C2C)C1CC. The van der Waals surface area contributed by atoms with Crippen LogP contribution < -0.4 is 0 Å². The molecule has 2 aliphatic carbocycles. The second kappa shape index (κ2) is 3.05. The van der Waals surface area contributed by atoms with Crippen molar-refractivity contribution in [2.24, 2.45) is 29.6 Å². The number of fused-ring (bicyclic) bond motifs is 2. The van der Waals surface area contributed by atoms with E-state index in [9.17, 15) is 0 Å². The minimum Gasteiger partial charge on any atom is -0.0651 e. The summed E-state index contributed by atoms with van der Waals surface area (Å²) in [4.78, 5) is 0. The molecule has 4 atom stereocenters. The molecule has 0 spiro atoms. The van der Waals surface area contributed by atoms with Crippen molar-refractivity contribution in [3.63, 3.8) is 0 Å². The smallest absolute Gasteiger partial charge is 0.0355 e. The van der Waals surface area contributed by atoms with Crippen molar-refractivity contribution in [3.05, 3.63) is 0 Å². The minimum absolute atomic E-state index is 1.06. The molecule has 0 saturated heterocycles. The summed E-state index contributed by atoms with van der Waals surface area (Å²) in [5.74, 6) is 5.43. The molecule has 4 unspecified atom stereocenters. The molecule has 12 heavy (non-hydrogen) atoms. The van der Waals surface area contributed by atoms with Crippen molar-refractivity contribution >= 4 is 0 Å². The first-order valence-electron chi connectivity index (χ1n) is 5.79. The van der Waals surface area contributed by atoms with Crippen molar-refractivity contribution in [3.8, 4) is 0 Å². The number of hydrogen-bond acceptors (Lipinski definition) is 0. The fraction of sp³-hybridized carbons (Fsp3) is 1.00. The molecule has 2 fully saturated rings. The summed E-state index contributed by atoms with van der Waals surface area (Å²) in [6.07, 6.45) is 5.95. The summed E-state index contributed by atoms with van der Waals surface area (Å²) in [6.45, 7) is 7.28. The van der Waals surface area contributed by atoms with Crippen LogP contribution in [0.5, 0.6) is 0 Å². The lowest BCUT2D eigenvalue weighted by molar-refractivity contribution is 0.209. The van der Waals surface area contributed by atoms with E-state index in [1.54, 1.807) is 12.8 Å². The van der Waals surface area contributed by atoms with Gasteiger partial charge >= 0.3 is 0 Å². The van der Waals surface area contributed by atoms with Crippen LogP contribution in [0.15, 0.2) is 0 Å². The van der Waals surface area contributed by atoms with Gasteiger partial charge in [0, 0.05) is 0 Å². The van der Waals surface area contributed by atoms with Crippen LogP contribution in [0.3, 0.4) is 0 Å². The Hall–Kier alpha value is 0. The Morgan fingerprint density at radius 2 is 1.33 bits per heavy atom. The third-order valence-corrected chi connectivity index (χ3v) is 4.78. The van der Waals surface area contributed by atoms with Gasteiger partial charge in [0.1, 0.15) is 0 Å². The van der Waals surface area contributed by atoms with Crippen LogP contribution in [-0.4, -0.2) is 0 Å². The van der Waals surface area contributed by atoms with Crippen LogP contribution in [-0.2, 0) is 0 Å². The van der Waals surface area contributed by atoms with E-state index >= 15 is 0 Å². The van der Waals surface area contributed by atoms with Crippen molar-refractivity contribution < 1.29 is 0 Å². The lowest BCUT2D eigenvalue weighted by atomic mass is 9.77. The second-order valence-electron chi connectivity index (χ2n) is 4.91. The highest BCUT2D eigenvalue weighted by Gasteiger charge is 2.50. The van der Waals surface area contributed by atoms with Gasteiger partial charge in [-0.3, -0.25) is 0 Å². The van der Waals surface area contributed by atoms with Crippen LogP contribution in [0.25, 0.3) is 0 Å². The van der Waals surface area contributed by atoms with Gasteiger partial charge in [-0.1, -0.05) is 33.6 Å². The van der Waals surface area contributed by atoms with E-state index in [0.29, 0.717) is 0 Å². The maximum atomic E-state index is 2.50. The molecular formula is C12H22. The predicted molar refractivity (Wildman–Crippen MR) is 52.9 cm³/mol. The lowest BCUT2D eigenvalue weighted by Gasteiger charge is -2.29. The van der Waals surface area contributed by atoms with Crippen LogP contribution in [0.4, 0.5) is 0 Å². The van der Waals surface area contributed by atoms with Crippen LogP contribution in [0.1, 0.15) is 46.5 Å². The van der Waals surface area contributed by atoms with Gasteiger partial charge < -0.3 is 0 Å². The summed E-state index contributed by atoms with van der Waals surface area (Å²) < 4.78 is 0. The molecule has 2 rings (SSSR count). The van der Waals surface area contributed by atoms with Crippen molar-refractivity contribution in [1.29, 1.82) is 0 Å². The Labute approximate surface area is 76.7 Å². The Morgan fingerprint density at radius 3 is 1.67 bits per heavy atom. The average Bonchev–Trinajstić information content (AvgIpc) is 2.58. The molecule has 0 amide bonds. The van der Waals surface area contributed by atoms with Gasteiger partial charge in [0.2, 0.25) is 0 Å². The average molecular weight is 166 g/mol. The van der Waals surface area contributed by atoms with E-state index in [4.69, 9.17) is 0 Å². The number of hydrogen-bond donors (Lipinski definition) is 0. The first-order valence-corrected chi connectivity index (χ1v) is 5.79. The maximum absolute atomic E-state index is 2.50. The minimum atomic E-state index is 1.06. The molecular weight excluding hydrogens is 144 g/mol. The first kappa shape index (κ1) is 8.59. The van der Waals surface area contributed by atoms with Gasteiger partial charge in [0.25, 0.3) is 0 Å². The van der Waals surface area contributed by atoms with Gasteiger partial charge in [-0.2, -0.15) is 0 Å². The molecule has 2 saturated carbocycles. The summed E-state index contributed by atoms with van der Waals surface area (Å²) in [5, 5.41) is 0. The standard InChI is InChI=1S/C12H22/c1-4-9-10(5-2)12-7-6-11(9)8(12)3/h8-12H,4-7H2,1-3H3. The zero-order valence-electron chi connectivity index (χ0n) is 8.72. The van der Waals surface area contributed by atoms with Crippen LogP contribution >= 0.6 is 0 Å². The summed E-state index contributed by atoms with van der Waals surface area (Å²) >= 11 is 0. The molecule has 0 aromatic rings. The zero-order valence-corrected chi connectivity index (χ0v) is 8.72. The molecule has 0 aromatic carbocycles. The van der Waals surface area contributed by atoms with E-state index in [2.05, 4.69) is 20.8 Å². The third-order valence-electron chi connectivity index (χ3n) is 4.78. The van der Waals surface area contributed by atoms with Crippen molar-refractivity contribution in [1.82, 2.24) is 0 Å². The third kappa shape index (κ3) is 0.963. The Morgan fingerprint density at radius 1 is 0.917 bits per heavy atom. The van der Waals surface area contributed by atoms with E-state index < -0.39 is 0 Å². The number of rotatable bonds is 2. The van der Waals surface area contributed by atoms with E-state index in [1.165, 1.54) is 12.8 Å². The molecule has 0 radical (unpaired) electrons. The molecule has 0 heterocycles. The maximum Gasteiger partial charge on any atom is -0.0355 e. The van der Waals surface area contributed by atoms with Crippen LogP contribution in [0, 0.1) is 29.6 Å². The lowest BCUT2D eigenvalue weighted by Crippen LogP contribution is -2.20. The van der Waals surface area contributed by atoms with E-state index in [-0.39, 0.29) is 0 Å². The molecule has 0 N–H and O–H groups in total. The summed E-state index contributed by atoms with van der Waals surface area (Å²) in [6, 6.07) is 0. The van der Waals surface area contributed by atoms with Gasteiger partial charge in [-0.05, 0) is 42.4 Å². The van der Waals surface area contributed by atoms with E-state index in [1.807, 2.05) is 0 Å². The fourth-order valence-electron chi connectivity index (χ4n) is 4.28. The van der Waals surface area contributed by atoms with Crippen molar-refractivity contribution in [2.75, 3.05) is 0 Å². The Bertz CT molecular complexity index is 143. The Kier molecular flexibility index (Phi) is 2.18. The highest BCUT2D eigenvalue weighted by atomic mass is 14.5. The topological polar surface area (TPSA) is 0 Å². The normalized spacial score (nSPS) is 51.8. The van der Waals surface area contributed by atoms with Crippen molar-refractivity contribution in [2.45, 2.75) is 46.5 Å². The largest absolute Gasteiger partial charge is 0.0651 e. The molecule has 0 aromatic heterocycles. The molecule has 2 aliphatic rings. The molecule has 0 nitrogen and oxygen atoms in total. The first-order chi connectivity index (χ1) is 5.79. The van der Waals surface area contributed by atoms with Gasteiger partial charge in [0.05, 0.1) is 0 Å². The van der Waals surface area contributed by atoms with Gasteiger partial charge in [-0.15, -0.1) is 0 Å². The zero-order chi connectivity index (χ0) is 8.72. The van der Waals surface area contributed by atoms with Gasteiger partial charge in [-0.25, -0.2) is 0 Å². The highest BCUT2D eigenvalue weighted by molar-refractivity contribution is 4.99. The highest BCUT2D eigenvalue weighted by Crippen LogP contribution is 2.57. The van der Waals surface area contributed by atoms with E-state index in [0.717, 1.165) is 29.6 Å². The second-order valence-corrected chi connectivity index (χ2v) is 4.91. The van der Waals surface area contributed by atoms with Gasteiger partial charge in [0.15, 0.2) is 0 Å². The Balaban J connectivity index is 2.15. The monoisotopic (exact) mass is 166 g/mol. The summed E-state index contributed by atoms with van der Waals surface area (Å²) in [7, 11) is 0. The summed E-state index contributed by atoms with van der Waals surface area (Å²) in [5.41, 5.74) is 0.